The van der Waals surface area contributed by atoms with E-state index in [1.165, 1.54) is 24.4 Å². The third-order valence-corrected chi connectivity index (χ3v) is 12.8. The van der Waals surface area contributed by atoms with Gasteiger partial charge in [-0.15, -0.1) is 0 Å². The van der Waals surface area contributed by atoms with Crippen LogP contribution in [0.25, 0.3) is 11.3 Å². The normalized spacial score (nSPS) is 17.4. The van der Waals surface area contributed by atoms with Gasteiger partial charge in [-0.2, -0.15) is 0 Å². The van der Waals surface area contributed by atoms with E-state index >= 15 is 0 Å². The van der Waals surface area contributed by atoms with Crippen molar-refractivity contribution in [3.63, 3.8) is 0 Å². The molecule has 0 spiro atoms. The number of piperidine rings is 1. The third-order valence-electron chi connectivity index (χ3n) is 8.25. The number of nitrogens with two attached hydrogens (primary N) is 1. The number of nitrogens with one attached hydrogen (secondary N) is 2. The fraction of sp³-hybridized carbons (Fsp3) is 0.455. The summed E-state index contributed by atoms with van der Waals surface area (Å²) in [6.45, 7) is 17.2. The third kappa shape index (κ3) is 8.18. The Balaban J connectivity index is 1.60. The van der Waals surface area contributed by atoms with E-state index in [-0.39, 0.29) is 33.8 Å². The van der Waals surface area contributed by atoms with Gasteiger partial charge in [0.1, 0.15) is 17.2 Å². The molecule has 0 radical (unpaired) electrons. The van der Waals surface area contributed by atoms with Gasteiger partial charge in [0.15, 0.2) is 14.0 Å². The standard InChI is InChI=1S/C33H44F2N6O4Si/c1-32(2,3)44-31(43)40-25-19-41(17-15-27(25)45-46(7,8)33(4,5)6)26-14-16-37-18-24(26)39-30(42)29-22(36)12-13-23(38-29)28-20(34)10-9-11-21(28)35/h9-14,16,18,25,27H,15,17,19,36H2,1-8H3,(H,39,42)(H,40,43)/t25-,27-/m1/s1. The summed E-state index contributed by atoms with van der Waals surface area (Å²) in [4.78, 5) is 36.9. The summed E-state index contributed by atoms with van der Waals surface area (Å²) in [6, 6.07) is 7.56. The minimum absolute atomic E-state index is 0.0333. The van der Waals surface area contributed by atoms with Gasteiger partial charge in [0.05, 0.1) is 46.7 Å². The van der Waals surface area contributed by atoms with Gasteiger partial charge in [0, 0.05) is 19.3 Å². The second kappa shape index (κ2) is 13.3. The molecule has 2 amide bonds. The maximum atomic E-state index is 14.5. The van der Waals surface area contributed by atoms with E-state index in [0.717, 1.165) is 12.1 Å². The highest BCUT2D eigenvalue weighted by molar-refractivity contribution is 6.74. The zero-order chi connectivity index (χ0) is 34.0. The zero-order valence-corrected chi connectivity index (χ0v) is 28.7. The molecule has 0 aliphatic carbocycles. The molecule has 4 rings (SSSR count). The number of aromatic nitrogens is 2. The second-order valence-electron chi connectivity index (χ2n) is 14.0. The molecule has 13 heteroatoms. The molecule has 0 unspecified atom stereocenters. The van der Waals surface area contributed by atoms with Crippen LogP contribution in [0.5, 0.6) is 0 Å². The number of amides is 2. The molecule has 3 aromatic rings. The lowest BCUT2D eigenvalue weighted by molar-refractivity contribution is 0.0414. The molecule has 248 valence electrons. The quantitative estimate of drug-likeness (QED) is 0.239. The first-order valence-corrected chi connectivity index (χ1v) is 18.2. The van der Waals surface area contributed by atoms with Crippen LogP contribution in [0.4, 0.5) is 30.6 Å². The molecule has 1 saturated heterocycles. The lowest BCUT2D eigenvalue weighted by atomic mass is 10.0. The number of rotatable bonds is 7. The van der Waals surface area contributed by atoms with E-state index in [0.29, 0.717) is 30.9 Å². The summed E-state index contributed by atoms with van der Waals surface area (Å²) in [5.41, 5.74) is 5.85. The molecule has 1 aliphatic heterocycles. The van der Waals surface area contributed by atoms with Gasteiger partial charge in [0.2, 0.25) is 0 Å². The number of halogens is 2. The van der Waals surface area contributed by atoms with Crippen LogP contribution in [0.3, 0.4) is 0 Å². The van der Waals surface area contributed by atoms with Crippen LogP contribution >= 0.6 is 0 Å². The number of carbonyl (C=O) groups excluding carboxylic acids is 2. The Morgan fingerprint density at radius 1 is 1.04 bits per heavy atom. The van der Waals surface area contributed by atoms with E-state index in [9.17, 15) is 18.4 Å². The number of hydrogen-bond donors (Lipinski definition) is 3. The molecule has 4 N–H and O–H groups in total. The highest BCUT2D eigenvalue weighted by Crippen LogP contribution is 2.39. The van der Waals surface area contributed by atoms with E-state index in [2.05, 4.69) is 54.5 Å². The first-order valence-electron chi connectivity index (χ1n) is 15.2. The van der Waals surface area contributed by atoms with Crippen LogP contribution in [-0.4, -0.2) is 61.1 Å². The summed E-state index contributed by atoms with van der Waals surface area (Å²) in [7, 11) is -2.19. The molecule has 3 heterocycles. The monoisotopic (exact) mass is 654 g/mol. The van der Waals surface area contributed by atoms with Crippen molar-refractivity contribution in [2.75, 3.05) is 29.0 Å². The maximum Gasteiger partial charge on any atom is 0.408 e. The molecule has 0 bridgehead atoms. The van der Waals surface area contributed by atoms with Crippen molar-refractivity contribution < 1.29 is 27.5 Å². The predicted octanol–water partition coefficient (Wildman–Crippen LogP) is 6.75. The summed E-state index contributed by atoms with van der Waals surface area (Å²) in [6.07, 6.45) is 2.91. The fourth-order valence-corrected chi connectivity index (χ4v) is 6.31. The maximum absolute atomic E-state index is 14.5. The van der Waals surface area contributed by atoms with E-state index in [1.807, 2.05) is 4.90 Å². The number of alkyl carbamates (subject to hydrolysis) is 1. The molecule has 2 aromatic heterocycles. The first kappa shape index (κ1) is 34.8. The molecule has 46 heavy (non-hydrogen) atoms. The Morgan fingerprint density at radius 3 is 2.35 bits per heavy atom. The minimum atomic E-state index is -2.19. The fourth-order valence-electron chi connectivity index (χ4n) is 4.92. The molecule has 1 aromatic carbocycles. The average molecular weight is 655 g/mol. The first-order chi connectivity index (χ1) is 21.4. The topological polar surface area (TPSA) is 132 Å². The van der Waals surface area contributed by atoms with Crippen molar-refractivity contribution >= 4 is 37.4 Å². The summed E-state index contributed by atoms with van der Waals surface area (Å²) >= 11 is 0. The van der Waals surface area contributed by atoms with Crippen LogP contribution in [0, 0.1) is 11.6 Å². The number of nitrogen functional groups attached to an aromatic ring is 1. The van der Waals surface area contributed by atoms with Gasteiger partial charge in [-0.3, -0.25) is 9.78 Å². The van der Waals surface area contributed by atoms with Crippen LogP contribution in [-0.2, 0) is 9.16 Å². The van der Waals surface area contributed by atoms with Crippen LogP contribution < -0.4 is 21.3 Å². The van der Waals surface area contributed by atoms with Crippen molar-refractivity contribution in [1.82, 2.24) is 15.3 Å². The van der Waals surface area contributed by atoms with Crippen LogP contribution in [0.2, 0.25) is 18.1 Å². The van der Waals surface area contributed by atoms with E-state index in [4.69, 9.17) is 14.9 Å². The second-order valence-corrected chi connectivity index (χ2v) is 18.7. The molecule has 1 aliphatic rings. The Bertz CT molecular complexity index is 1570. The van der Waals surface area contributed by atoms with Crippen LogP contribution in [0.1, 0.15) is 58.5 Å². The van der Waals surface area contributed by atoms with E-state index < -0.39 is 43.6 Å². The van der Waals surface area contributed by atoms with Gasteiger partial charge in [0.25, 0.3) is 5.91 Å². The summed E-state index contributed by atoms with van der Waals surface area (Å²) < 4.78 is 41.3. The van der Waals surface area contributed by atoms with Crippen molar-refractivity contribution in [2.24, 2.45) is 0 Å². The Hall–Kier alpha value is -4.10. The number of nitrogens with zero attached hydrogens (tertiary/aromatic N) is 3. The Kier molecular flexibility index (Phi) is 10.1. The van der Waals surface area contributed by atoms with Gasteiger partial charge in [-0.25, -0.2) is 18.6 Å². The lowest BCUT2D eigenvalue weighted by Gasteiger charge is -2.46. The molecular weight excluding hydrogens is 610 g/mol. The molecular formula is C33H44F2N6O4Si. The number of ether oxygens (including phenoxy) is 1. The summed E-state index contributed by atoms with van der Waals surface area (Å²) in [5.74, 6) is -2.30. The van der Waals surface area contributed by atoms with Gasteiger partial charge >= 0.3 is 6.09 Å². The average Bonchev–Trinajstić information content (AvgIpc) is 2.93. The Morgan fingerprint density at radius 2 is 1.72 bits per heavy atom. The highest BCUT2D eigenvalue weighted by atomic mass is 28.4. The zero-order valence-electron chi connectivity index (χ0n) is 27.7. The smallest absolute Gasteiger partial charge is 0.408 e. The van der Waals surface area contributed by atoms with Crippen molar-refractivity contribution in [2.45, 2.75) is 83.8 Å². The van der Waals surface area contributed by atoms with Crippen molar-refractivity contribution in [3.8, 4) is 11.3 Å². The molecule has 1 fully saturated rings. The molecule has 10 nitrogen and oxygen atoms in total. The van der Waals surface area contributed by atoms with Gasteiger partial charge in [-0.05, 0) is 75.7 Å². The number of carbonyl (C=O) groups is 2. The van der Waals surface area contributed by atoms with Crippen molar-refractivity contribution in [3.05, 3.63) is 66.1 Å². The Labute approximate surface area is 270 Å². The van der Waals surface area contributed by atoms with Crippen molar-refractivity contribution in [1.29, 1.82) is 0 Å². The number of pyridine rings is 2. The van der Waals surface area contributed by atoms with Gasteiger partial charge < -0.3 is 30.4 Å². The number of anilines is 3. The van der Waals surface area contributed by atoms with E-state index in [1.54, 1.807) is 33.0 Å². The summed E-state index contributed by atoms with van der Waals surface area (Å²) in [5, 5.41) is 5.81. The van der Waals surface area contributed by atoms with Gasteiger partial charge in [-0.1, -0.05) is 26.8 Å². The predicted molar refractivity (Wildman–Crippen MR) is 178 cm³/mol. The van der Waals surface area contributed by atoms with Crippen LogP contribution in [0.15, 0.2) is 48.8 Å². The highest BCUT2D eigenvalue weighted by Gasteiger charge is 2.43. The SMILES string of the molecule is CC(C)(C)OC(=O)N[C@@H]1CN(c2ccncc2NC(=O)c2nc(-c3c(F)cccc3F)ccc2N)CC[C@H]1O[Si](C)(C)C(C)(C)C. The number of benzene rings is 1. The molecule has 2 atom stereocenters. The number of hydrogen-bond acceptors (Lipinski definition) is 8. The minimum Gasteiger partial charge on any atom is -0.444 e. The largest absolute Gasteiger partial charge is 0.444 e. The molecule has 0 saturated carbocycles. The lowest BCUT2D eigenvalue weighted by Crippen LogP contribution is -2.59.